The number of Topliss-reactive ketones (excluding diaryl/α,β-unsaturated/α-hetero) is 1. The molecule has 1 heterocycles. The molecule has 2 fully saturated rings. The highest BCUT2D eigenvalue weighted by molar-refractivity contribution is 6.32. The van der Waals surface area contributed by atoms with Crippen LogP contribution in [0, 0.1) is 23.7 Å². The first-order chi connectivity index (χ1) is 24.7. The Hall–Kier alpha value is -5.47. The summed E-state index contributed by atoms with van der Waals surface area (Å²) >= 11 is 6.15. The molecule has 4 aromatic carbocycles. The number of carbonyl (C=O) groups excluding carboxylic acids is 4. The minimum atomic E-state index is -1.43. The average molecular weight is 700 g/mol. The number of amides is 2. The van der Waals surface area contributed by atoms with Crippen molar-refractivity contribution in [1.29, 1.82) is 0 Å². The highest BCUT2D eigenvalue weighted by Gasteiger charge is 2.66. The van der Waals surface area contributed by atoms with Gasteiger partial charge in [-0.15, -0.1) is 0 Å². The monoisotopic (exact) mass is 699 g/mol. The molecule has 1 saturated carbocycles. The summed E-state index contributed by atoms with van der Waals surface area (Å²) in [4.78, 5) is 60.1. The van der Waals surface area contributed by atoms with Crippen molar-refractivity contribution in [2.75, 3.05) is 19.1 Å². The van der Waals surface area contributed by atoms with Crippen molar-refractivity contribution < 1.29 is 33.8 Å². The quantitative estimate of drug-likeness (QED) is 0.169. The van der Waals surface area contributed by atoms with E-state index in [2.05, 4.69) is 0 Å². The zero-order chi connectivity index (χ0) is 35.6. The molecule has 9 heteroatoms. The van der Waals surface area contributed by atoms with Crippen LogP contribution in [0.15, 0.2) is 115 Å². The van der Waals surface area contributed by atoms with Gasteiger partial charge in [0.15, 0.2) is 23.1 Å². The van der Waals surface area contributed by atoms with Crippen LogP contribution in [0.4, 0.5) is 5.69 Å². The molecule has 6 atom stereocenters. The molecule has 1 aliphatic heterocycles. The molecule has 4 aromatic rings. The SMILES string of the molecule is COc1cc(C2C3=CCC4C(=O)N(c5ccc(Cl)cc5)C(=O)C4C3CC3C(=O)C(c4ccccc4)=CC(=O)C32c2ccccc2)cc(OC)c1O. The van der Waals surface area contributed by atoms with Crippen LogP contribution in [0.25, 0.3) is 5.57 Å². The van der Waals surface area contributed by atoms with Gasteiger partial charge in [-0.2, -0.15) is 0 Å². The number of anilines is 1. The van der Waals surface area contributed by atoms with Gasteiger partial charge in [-0.05, 0) is 77.9 Å². The Bertz CT molecular complexity index is 2140. The normalized spacial score (nSPS) is 26.9. The number of benzene rings is 4. The molecule has 8 rings (SSSR count). The number of phenolic OH excluding ortho intramolecular Hbond substituents is 1. The highest BCUT2D eigenvalue weighted by atomic mass is 35.5. The summed E-state index contributed by atoms with van der Waals surface area (Å²) in [6.07, 6.45) is 3.92. The number of ketones is 2. The van der Waals surface area contributed by atoms with E-state index in [1.807, 2.05) is 66.7 Å². The van der Waals surface area contributed by atoms with Gasteiger partial charge in [-0.1, -0.05) is 83.9 Å². The molecule has 0 aromatic heterocycles. The number of hydrogen-bond donors (Lipinski definition) is 1. The van der Waals surface area contributed by atoms with Crippen LogP contribution < -0.4 is 14.4 Å². The van der Waals surface area contributed by atoms with Gasteiger partial charge >= 0.3 is 0 Å². The summed E-state index contributed by atoms with van der Waals surface area (Å²) in [5.41, 5.74) is 1.98. The number of allylic oxidation sites excluding steroid dienone is 4. The van der Waals surface area contributed by atoms with Gasteiger partial charge < -0.3 is 14.6 Å². The smallest absolute Gasteiger partial charge is 0.238 e. The second-order valence-electron chi connectivity index (χ2n) is 13.5. The van der Waals surface area contributed by atoms with Gasteiger partial charge in [0, 0.05) is 22.4 Å². The lowest BCUT2D eigenvalue weighted by Gasteiger charge is -2.55. The van der Waals surface area contributed by atoms with Gasteiger partial charge in [0.1, 0.15) is 0 Å². The van der Waals surface area contributed by atoms with Crippen molar-refractivity contribution in [3.8, 4) is 17.2 Å². The number of aromatic hydroxyl groups is 1. The van der Waals surface area contributed by atoms with Crippen LogP contribution in [-0.4, -0.2) is 42.7 Å². The Morgan fingerprint density at radius 3 is 2.06 bits per heavy atom. The number of carbonyl (C=O) groups is 4. The van der Waals surface area contributed by atoms with Gasteiger partial charge in [-0.3, -0.25) is 24.1 Å². The maximum absolute atomic E-state index is 15.2. The summed E-state index contributed by atoms with van der Waals surface area (Å²) < 4.78 is 11.2. The third kappa shape index (κ3) is 4.80. The fraction of sp³-hybridized carbons (Fsp3) is 0.238. The van der Waals surface area contributed by atoms with Crippen molar-refractivity contribution >= 4 is 46.2 Å². The number of phenols is 1. The lowest BCUT2D eigenvalue weighted by Crippen LogP contribution is -2.58. The van der Waals surface area contributed by atoms with Crippen LogP contribution >= 0.6 is 11.6 Å². The van der Waals surface area contributed by atoms with Crippen LogP contribution in [0.3, 0.4) is 0 Å². The third-order valence-electron chi connectivity index (χ3n) is 11.3. The van der Waals surface area contributed by atoms with Crippen LogP contribution in [0.1, 0.15) is 35.4 Å². The van der Waals surface area contributed by atoms with E-state index in [1.54, 1.807) is 36.4 Å². The summed E-state index contributed by atoms with van der Waals surface area (Å²) in [6.45, 7) is 0. The molecular formula is C42H34ClNO7. The van der Waals surface area contributed by atoms with E-state index in [0.29, 0.717) is 33.0 Å². The fourth-order valence-electron chi connectivity index (χ4n) is 9.17. The van der Waals surface area contributed by atoms with Crippen LogP contribution in [-0.2, 0) is 24.6 Å². The first-order valence-corrected chi connectivity index (χ1v) is 17.3. The molecule has 8 nitrogen and oxygen atoms in total. The van der Waals surface area contributed by atoms with Crippen molar-refractivity contribution in [2.24, 2.45) is 23.7 Å². The Labute approximate surface area is 299 Å². The van der Waals surface area contributed by atoms with Gasteiger partial charge in [0.25, 0.3) is 0 Å². The average Bonchev–Trinajstić information content (AvgIpc) is 3.42. The molecule has 1 saturated heterocycles. The maximum atomic E-state index is 15.2. The lowest BCUT2D eigenvalue weighted by atomic mass is 9.44. The van der Waals surface area contributed by atoms with E-state index in [9.17, 15) is 14.7 Å². The number of nitrogens with zero attached hydrogens (tertiary/aromatic N) is 1. The fourth-order valence-corrected chi connectivity index (χ4v) is 9.30. The van der Waals surface area contributed by atoms with Crippen LogP contribution in [0.2, 0.25) is 5.02 Å². The van der Waals surface area contributed by atoms with E-state index < -0.39 is 35.0 Å². The first kappa shape index (κ1) is 32.7. The zero-order valence-corrected chi connectivity index (χ0v) is 28.7. The highest BCUT2D eigenvalue weighted by Crippen LogP contribution is 2.64. The Kier molecular flexibility index (Phi) is 7.95. The van der Waals surface area contributed by atoms with E-state index in [4.69, 9.17) is 21.1 Å². The lowest BCUT2D eigenvalue weighted by molar-refractivity contribution is -0.135. The van der Waals surface area contributed by atoms with Gasteiger partial charge in [-0.25, -0.2) is 0 Å². The number of halogens is 1. The van der Waals surface area contributed by atoms with Crippen LogP contribution in [0.5, 0.6) is 17.2 Å². The molecule has 6 unspecified atom stereocenters. The zero-order valence-electron chi connectivity index (χ0n) is 27.9. The molecule has 0 radical (unpaired) electrons. The number of methoxy groups -OCH3 is 2. The second kappa shape index (κ2) is 12.4. The molecule has 3 aliphatic carbocycles. The number of imide groups is 1. The first-order valence-electron chi connectivity index (χ1n) is 16.9. The maximum Gasteiger partial charge on any atom is 0.238 e. The number of hydrogen-bond acceptors (Lipinski definition) is 7. The summed E-state index contributed by atoms with van der Waals surface area (Å²) in [5.74, 6) is -4.69. The Morgan fingerprint density at radius 1 is 0.804 bits per heavy atom. The molecule has 1 N–H and O–H groups in total. The number of ether oxygens (including phenoxy) is 2. The van der Waals surface area contributed by atoms with E-state index >= 15 is 9.59 Å². The number of fused-ring (bicyclic) bond motifs is 4. The van der Waals surface area contributed by atoms with Gasteiger partial charge in [0.2, 0.25) is 17.6 Å². The molecule has 2 amide bonds. The largest absolute Gasteiger partial charge is 0.502 e. The summed E-state index contributed by atoms with van der Waals surface area (Å²) in [7, 11) is 2.86. The minimum absolute atomic E-state index is 0.136. The molecule has 4 aliphatic rings. The molecule has 0 bridgehead atoms. The predicted molar refractivity (Wildman–Crippen MR) is 192 cm³/mol. The van der Waals surface area contributed by atoms with Crippen molar-refractivity contribution in [1.82, 2.24) is 0 Å². The van der Waals surface area contributed by atoms with E-state index in [-0.39, 0.29) is 53.5 Å². The summed E-state index contributed by atoms with van der Waals surface area (Å²) in [6, 6.07) is 28.4. The third-order valence-corrected chi connectivity index (χ3v) is 11.5. The molecule has 51 heavy (non-hydrogen) atoms. The molecule has 256 valence electrons. The molecule has 0 spiro atoms. The number of rotatable bonds is 6. The van der Waals surface area contributed by atoms with E-state index in [1.165, 1.54) is 25.2 Å². The van der Waals surface area contributed by atoms with Crippen molar-refractivity contribution in [3.63, 3.8) is 0 Å². The standard InChI is InChI=1S/C42H34ClNO7/c1-50-33-19-24(20-34(51-2)39(33)47)37-28-17-18-29-36(41(49)44(40(29)48)27-15-13-26(43)14-16-27)31(28)21-32-38(46)30(23-9-5-3-6-10-23)22-35(45)42(32,37)25-11-7-4-8-12-25/h3-17,19-20,22,29,31-32,36-37,47H,18,21H2,1-2H3. The topological polar surface area (TPSA) is 110 Å². The minimum Gasteiger partial charge on any atom is -0.502 e. The Balaban J connectivity index is 1.39. The molecular weight excluding hydrogens is 666 g/mol. The Morgan fingerprint density at radius 2 is 1.43 bits per heavy atom. The van der Waals surface area contributed by atoms with Gasteiger partial charge in [0.05, 0.1) is 37.2 Å². The van der Waals surface area contributed by atoms with Crippen molar-refractivity contribution in [3.05, 3.63) is 137 Å². The second-order valence-corrected chi connectivity index (χ2v) is 14.0. The van der Waals surface area contributed by atoms with Crippen molar-refractivity contribution in [2.45, 2.75) is 24.2 Å². The summed E-state index contributed by atoms with van der Waals surface area (Å²) in [5, 5.41) is 11.4. The van der Waals surface area contributed by atoms with E-state index in [0.717, 1.165) is 5.57 Å². The predicted octanol–water partition coefficient (Wildman–Crippen LogP) is 7.09.